The van der Waals surface area contributed by atoms with Crippen LogP contribution in [0.5, 0.6) is 5.75 Å². The molecule has 6 nitrogen and oxygen atoms in total. The highest BCUT2D eigenvalue weighted by atomic mass is 32.2. The van der Waals surface area contributed by atoms with E-state index in [9.17, 15) is 13.2 Å². The molecule has 0 heterocycles. The standard InChI is InChI=1S/C16H26N2O4S/c1-6-7-10-17(3)16(19)12-18(23(5,20)21)14-11-13(2)8-9-15(14)22-4/h8-9,11H,6-7,10,12H2,1-5H3. The number of benzene rings is 1. The zero-order chi connectivity index (χ0) is 17.6. The van der Waals surface area contributed by atoms with Gasteiger partial charge in [0.05, 0.1) is 19.1 Å². The molecular weight excluding hydrogens is 316 g/mol. The van der Waals surface area contributed by atoms with E-state index < -0.39 is 10.0 Å². The molecule has 0 fully saturated rings. The second-order valence-electron chi connectivity index (χ2n) is 5.61. The van der Waals surface area contributed by atoms with Crippen LogP contribution in [0.25, 0.3) is 0 Å². The third-order valence-corrected chi connectivity index (χ3v) is 4.68. The van der Waals surface area contributed by atoms with E-state index in [1.807, 2.05) is 19.9 Å². The van der Waals surface area contributed by atoms with Crippen LogP contribution in [0.1, 0.15) is 25.3 Å². The lowest BCUT2D eigenvalue weighted by Gasteiger charge is -2.26. The number of methoxy groups -OCH3 is 1. The van der Waals surface area contributed by atoms with E-state index >= 15 is 0 Å². The van der Waals surface area contributed by atoms with Crippen molar-refractivity contribution in [1.82, 2.24) is 4.90 Å². The first-order chi connectivity index (χ1) is 10.7. The van der Waals surface area contributed by atoms with Gasteiger partial charge < -0.3 is 9.64 Å². The number of nitrogens with zero attached hydrogens (tertiary/aromatic N) is 2. The number of rotatable bonds is 8. The summed E-state index contributed by atoms with van der Waals surface area (Å²) in [6.07, 6.45) is 2.95. The minimum Gasteiger partial charge on any atom is -0.495 e. The van der Waals surface area contributed by atoms with Crippen molar-refractivity contribution in [2.24, 2.45) is 0 Å². The van der Waals surface area contributed by atoms with Gasteiger partial charge in [-0.25, -0.2) is 8.42 Å². The van der Waals surface area contributed by atoms with Crippen LogP contribution in [0, 0.1) is 6.92 Å². The molecule has 1 aromatic rings. The number of hydrogen-bond donors (Lipinski definition) is 0. The van der Waals surface area contributed by atoms with Gasteiger partial charge in [0.2, 0.25) is 15.9 Å². The van der Waals surface area contributed by atoms with Crippen LogP contribution >= 0.6 is 0 Å². The lowest BCUT2D eigenvalue weighted by Crippen LogP contribution is -2.41. The first kappa shape index (κ1) is 19.3. The molecule has 1 rings (SSSR count). The average Bonchev–Trinajstić information content (AvgIpc) is 2.48. The highest BCUT2D eigenvalue weighted by Gasteiger charge is 2.25. The zero-order valence-electron chi connectivity index (χ0n) is 14.5. The Morgan fingerprint density at radius 3 is 2.48 bits per heavy atom. The van der Waals surface area contributed by atoms with E-state index in [1.54, 1.807) is 24.1 Å². The smallest absolute Gasteiger partial charge is 0.243 e. The van der Waals surface area contributed by atoms with Crippen molar-refractivity contribution in [1.29, 1.82) is 0 Å². The van der Waals surface area contributed by atoms with E-state index in [0.717, 1.165) is 29.0 Å². The SMILES string of the molecule is CCCCN(C)C(=O)CN(c1cc(C)ccc1OC)S(C)(=O)=O. The Balaban J connectivity index is 3.13. The number of hydrogen-bond acceptors (Lipinski definition) is 4. The van der Waals surface area contributed by atoms with Crippen LogP contribution in [0.4, 0.5) is 5.69 Å². The van der Waals surface area contributed by atoms with Gasteiger partial charge in [0.15, 0.2) is 0 Å². The molecule has 0 aliphatic heterocycles. The number of ether oxygens (including phenoxy) is 1. The fraction of sp³-hybridized carbons (Fsp3) is 0.562. The Morgan fingerprint density at radius 2 is 1.96 bits per heavy atom. The number of carbonyl (C=O) groups excluding carboxylic acids is 1. The van der Waals surface area contributed by atoms with Crippen molar-refractivity contribution in [3.05, 3.63) is 23.8 Å². The molecule has 1 amide bonds. The molecule has 0 atom stereocenters. The lowest BCUT2D eigenvalue weighted by atomic mass is 10.2. The largest absolute Gasteiger partial charge is 0.495 e. The van der Waals surface area contributed by atoms with E-state index in [-0.39, 0.29) is 12.5 Å². The molecule has 7 heteroatoms. The van der Waals surface area contributed by atoms with Gasteiger partial charge in [-0.05, 0) is 31.0 Å². The molecule has 23 heavy (non-hydrogen) atoms. The monoisotopic (exact) mass is 342 g/mol. The summed E-state index contributed by atoms with van der Waals surface area (Å²) in [7, 11) is -0.448. The molecular formula is C16H26N2O4S. The van der Waals surface area contributed by atoms with Crippen molar-refractivity contribution in [3.63, 3.8) is 0 Å². The van der Waals surface area contributed by atoms with Crippen molar-refractivity contribution in [2.75, 3.05) is 37.8 Å². The van der Waals surface area contributed by atoms with Crippen LogP contribution in [-0.4, -0.2) is 52.7 Å². The number of amides is 1. The highest BCUT2D eigenvalue weighted by Crippen LogP contribution is 2.30. The van der Waals surface area contributed by atoms with Gasteiger partial charge in [0.1, 0.15) is 12.3 Å². The number of sulfonamides is 1. The molecule has 0 bridgehead atoms. The molecule has 0 radical (unpaired) electrons. The quantitative estimate of drug-likeness (QED) is 0.725. The molecule has 0 saturated heterocycles. The normalized spacial score (nSPS) is 11.2. The Bertz CT molecular complexity index is 643. The molecule has 1 aromatic carbocycles. The maximum absolute atomic E-state index is 12.3. The van der Waals surface area contributed by atoms with Crippen molar-refractivity contribution in [2.45, 2.75) is 26.7 Å². The van der Waals surface area contributed by atoms with Gasteiger partial charge >= 0.3 is 0 Å². The van der Waals surface area contributed by atoms with Gasteiger partial charge in [-0.3, -0.25) is 9.10 Å². The molecule has 0 aromatic heterocycles. The van der Waals surface area contributed by atoms with Crippen LogP contribution in [0.2, 0.25) is 0 Å². The van der Waals surface area contributed by atoms with Crippen LogP contribution in [0.3, 0.4) is 0 Å². The average molecular weight is 342 g/mol. The zero-order valence-corrected chi connectivity index (χ0v) is 15.3. The molecule has 130 valence electrons. The summed E-state index contributed by atoms with van der Waals surface area (Å²) in [4.78, 5) is 13.9. The Morgan fingerprint density at radius 1 is 1.30 bits per heavy atom. The molecule has 0 unspecified atom stereocenters. The summed E-state index contributed by atoms with van der Waals surface area (Å²) < 4.78 is 30.7. The predicted octanol–water partition coefficient (Wildman–Crippen LogP) is 2.03. The van der Waals surface area contributed by atoms with Gasteiger partial charge in [-0.15, -0.1) is 0 Å². The van der Waals surface area contributed by atoms with Crippen molar-refractivity contribution >= 4 is 21.6 Å². The fourth-order valence-corrected chi connectivity index (χ4v) is 2.98. The number of carbonyl (C=O) groups is 1. The van der Waals surface area contributed by atoms with E-state index in [4.69, 9.17) is 4.74 Å². The summed E-state index contributed by atoms with van der Waals surface area (Å²) in [5.74, 6) is 0.178. The van der Waals surface area contributed by atoms with Crippen molar-refractivity contribution < 1.29 is 17.9 Å². The molecule has 0 aliphatic rings. The lowest BCUT2D eigenvalue weighted by molar-refractivity contribution is -0.128. The number of unbranched alkanes of at least 4 members (excludes halogenated alkanes) is 1. The molecule has 0 saturated carbocycles. The molecule has 0 N–H and O–H groups in total. The van der Waals surface area contributed by atoms with Crippen LogP contribution < -0.4 is 9.04 Å². The van der Waals surface area contributed by atoms with E-state index in [2.05, 4.69) is 0 Å². The second-order valence-corrected chi connectivity index (χ2v) is 7.52. The maximum atomic E-state index is 12.3. The minimum atomic E-state index is -3.61. The molecule has 0 spiro atoms. The van der Waals surface area contributed by atoms with Crippen LogP contribution in [0.15, 0.2) is 18.2 Å². The first-order valence-corrected chi connectivity index (χ1v) is 9.41. The summed E-state index contributed by atoms with van der Waals surface area (Å²) >= 11 is 0. The van der Waals surface area contributed by atoms with Gasteiger partial charge in [0, 0.05) is 13.6 Å². The fourth-order valence-electron chi connectivity index (χ4n) is 2.14. The second kappa shape index (κ2) is 8.19. The number of likely N-dealkylation sites (N-methyl/N-ethyl adjacent to an activating group) is 1. The minimum absolute atomic E-state index is 0.237. The highest BCUT2D eigenvalue weighted by molar-refractivity contribution is 7.92. The van der Waals surface area contributed by atoms with Crippen molar-refractivity contribution in [3.8, 4) is 5.75 Å². The first-order valence-electron chi connectivity index (χ1n) is 7.57. The van der Waals surface area contributed by atoms with E-state index in [0.29, 0.717) is 18.0 Å². The summed E-state index contributed by atoms with van der Waals surface area (Å²) in [5.41, 5.74) is 1.27. The summed E-state index contributed by atoms with van der Waals surface area (Å²) in [5, 5.41) is 0. The van der Waals surface area contributed by atoms with E-state index in [1.165, 1.54) is 7.11 Å². The van der Waals surface area contributed by atoms with Gasteiger partial charge in [0.25, 0.3) is 0 Å². The predicted molar refractivity (Wildman–Crippen MR) is 92.5 cm³/mol. The summed E-state index contributed by atoms with van der Waals surface area (Å²) in [6.45, 7) is 4.27. The maximum Gasteiger partial charge on any atom is 0.243 e. The summed E-state index contributed by atoms with van der Waals surface area (Å²) in [6, 6.07) is 5.24. The number of aryl methyl sites for hydroxylation is 1. The van der Waals surface area contributed by atoms with Gasteiger partial charge in [-0.2, -0.15) is 0 Å². The third kappa shape index (κ3) is 5.42. The van der Waals surface area contributed by atoms with Gasteiger partial charge in [-0.1, -0.05) is 19.4 Å². The Hall–Kier alpha value is -1.76. The third-order valence-electron chi connectivity index (χ3n) is 3.56. The molecule has 0 aliphatic carbocycles. The Kier molecular flexibility index (Phi) is 6.87. The number of anilines is 1. The van der Waals surface area contributed by atoms with Crippen LogP contribution in [-0.2, 0) is 14.8 Å². The Labute approximate surface area is 139 Å². The topological polar surface area (TPSA) is 66.9 Å².